The second-order valence-electron chi connectivity index (χ2n) is 7.56. The van der Waals surface area contributed by atoms with Crippen molar-refractivity contribution in [3.8, 4) is 21.1 Å². The SMILES string of the molecule is O=C(Nc1cccc2ccccc12)c1ccc2nc(-c3cccs3)c(-c3cccs3)nc2c1. The molecule has 6 rings (SSSR count). The van der Waals surface area contributed by atoms with Crippen molar-refractivity contribution < 1.29 is 4.79 Å². The minimum absolute atomic E-state index is 0.171. The number of carbonyl (C=O) groups is 1. The first-order chi connectivity index (χ1) is 16.3. The number of carbonyl (C=O) groups excluding carboxylic acids is 1. The van der Waals surface area contributed by atoms with Crippen LogP contribution < -0.4 is 5.32 Å². The molecule has 158 valence electrons. The Morgan fingerprint density at radius 1 is 0.697 bits per heavy atom. The zero-order valence-corrected chi connectivity index (χ0v) is 19.0. The number of aromatic nitrogens is 2. The Morgan fingerprint density at radius 2 is 1.39 bits per heavy atom. The number of amides is 1. The monoisotopic (exact) mass is 463 g/mol. The highest BCUT2D eigenvalue weighted by atomic mass is 32.1. The van der Waals surface area contributed by atoms with E-state index in [0.717, 1.165) is 43.1 Å². The van der Waals surface area contributed by atoms with Crippen molar-refractivity contribution in [1.29, 1.82) is 0 Å². The molecule has 0 aliphatic heterocycles. The van der Waals surface area contributed by atoms with Crippen LogP contribution in [0.4, 0.5) is 5.69 Å². The fraction of sp³-hybridized carbons (Fsp3) is 0. The molecule has 0 radical (unpaired) electrons. The lowest BCUT2D eigenvalue weighted by Crippen LogP contribution is -2.12. The van der Waals surface area contributed by atoms with E-state index in [0.29, 0.717) is 11.1 Å². The molecule has 3 aromatic heterocycles. The summed E-state index contributed by atoms with van der Waals surface area (Å²) in [4.78, 5) is 25.1. The van der Waals surface area contributed by atoms with Gasteiger partial charge in [-0.15, -0.1) is 22.7 Å². The van der Waals surface area contributed by atoms with Gasteiger partial charge in [0.1, 0.15) is 11.4 Å². The van der Waals surface area contributed by atoms with Crippen molar-refractivity contribution in [2.24, 2.45) is 0 Å². The Hall–Kier alpha value is -3.87. The molecule has 3 aromatic carbocycles. The maximum Gasteiger partial charge on any atom is 0.255 e. The van der Waals surface area contributed by atoms with E-state index < -0.39 is 0 Å². The van der Waals surface area contributed by atoms with Crippen molar-refractivity contribution in [2.75, 3.05) is 5.32 Å². The van der Waals surface area contributed by atoms with Gasteiger partial charge in [0, 0.05) is 16.6 Å². The Morgan fingerprint density at radius 3 is 2.12 bits per heavy atom. The van der Waals surface area contributed by atoms with E-state index in [1.165, 1.54) is 0 Å². The number of benzene rings is 3. The first kappa shape index (κ1) is 19.8. The molecule has 4 nitrogen and oxygen atoms in total. The van der Waals surface area contributed by atoms with E-state index in [1.54, 1.807) is 28.7 Å². The van der Waals surface area contributed by atoms with Gasteiger partial charge in [-0.2, -0.15) is 0 Å². The maximum absolute atomic E-state index is 13.1. The van der Waals surface area contributed by atoms with Crippen molar-refractivity contribution >= 4 is 56.1 Å². The zero-order valence-electron chi connectivity index (χ0n) is 17.4. The number of hydrogen-bond donors (Lipinski definition) is 1. The smallest absolute Gasteiger partial charge is 0.255 e. The second kappa shape index (κ2) is 8.24. The molecule has 0 aliphatic carbocycles. The Labute approximate surface area is 198 Å². The van der Waals surface area contributed by atoms with Crippen LogP contribution in [0, 0.1) is 0 Å². The number of hydrogen-bond acceptors (Lipinski definition) is 5. The molecule has 0 bridgehead atoms. The summed E-state index contributed by atoms with van der Waals surface area (Å²) in [6.45, 7) is 0. The highest BCUT2D eigenvalue weighted by Gasteiger charge is 2.16. The molecule has 0 aliphatic rings. The lowest BCUT2D eigenvalue weighted by Gasteiger charge is -2.11. The second-order valence-corrected chi connectivity index (χ2v) is 9.46. The molecule has 0 spiro atoms. The molecule has 0 unspecified atom stereocenters. The average Bonchev–Trinajstić information content (AvgIpc) is 3.58. The summed E-state index contributed by atoms with van der Waals surface area (Å²) in [6.07, 6.45) is 0. The topological polar surface area (TPSA) is 54.9 Å². The van der Waals surface area contributed by atoms with Gasteiger partial charge in [-0.3, -0.25) is 4.79 Å². The van der Waals surface area contributed by atoms with Gasteiger partial charge in [-0.05, 0) is 52.5 Å². The van der Waals surface area contributed by atoms with Crippen molar-refractivity contribution in [1.82, 2.24) is 9.97 Å². The number of rotatable bonds is 4. The van der Waals surface area contributed by atoms with Crippen molar-refractivity contribution in [3.63, 3.8) is 0 Å². The van der Waals surface area contributed by atoms with Gasteiger partial charge in [0.05, 0.1) is 20.8 Å². The van der Waals surface area contributed by atoms with Crippen LogP contribution in [0.25, 0.3) is 42.9 Å². The number of thiophene rings is 2. The van der Waals surface area contributed by atoms with E-state index >= 15 is 0 Å². The molecule has 1 N–H and O–H groups in total. The summed E-state index contributed by atoms with van der Waals surface area (Å²) >= 11 is 3.28. The summed E-state index contributed by atoms with van der Waals surface area (Å²) in [7, 11) is 0. The van der Waals surface area contributed by atoms with E-state index in [-0.39, 0.29) is 5.91 Å². The lowest BCUT2D eigenvalue weighted by molar-refractivity contribution is 0.102. The van der Waals surface area contributed by atoms with Crippen LogP contribution >= 0.6 is 22.7 Å². The normalized spacial score (nSPS) is 11.2. The molecular weight excluding hydrogens is 446 g/mol. The summed E-state index contributed by atoms with van der Waals surface area (Å²) in [6, 6.07) is 27.5. The summed E-state index contributed by atoms with van der Waals surface area (Å²) in [5.74, 6) is -0.171. The predicted molar refractivity (Wildman–Crippen MR) is 138 cm³/mol. The summed E-state index contributed by atoms with van der Waals surface area (Å²) < 4.78 is 0. The molecule has 3 heterocycles. The maximum atomic E-state index is 13.1. The van der Waals surface area contributed by atoms with Crippen LogP contribution in [-0.4, -0.2) is 15.9 Å². The standard InChI is InChI=1S/C27H17N3OS2/c31-27(30-20-9-3-7-17-6-1-2-8-19(17)20)18-12-13-21-22(16-18)29-26(24-11-5-15-33-24)25(28-21)23-10-4-14-32-23/h1-16H,(H,30,31). The molecule has 6 aromatic rings. The fourth-order valence-electron chi connectivity index (χ4n) is 3.89. The average molecular weight is 464 g/mol. The van der Waals surface area contributed by atoms with E-state index in [2.05, 4.69) is 17.4 Å². The van der Waals surface area contributed by atoms with Gasteiger partial charge in [-0.25, -0.2) is 9.97 Å². The van der Waals surface area contributed by atoms with Gasteiger partial charge >= 0.3 is 0 Å². The third-order valence-corrected chi connectivity index (χ3v) is 7.23. The first-order valence-electron chi connectivity index (χ1n) is 10.4. The van der Waals surface area contributed by atoms with E-state index in [4.69, 9.17) is 9.97 Å². The summed E-state index contributed by atoms with van der Waals surface area (Å²) in [5.41, 5.74) is 4.51. The van der Waals surface area contributed by atoms with Gasteiger partial charge in [0.25, 0.3) is 5.91 Å². The van der Waals surface area contributed by atoms with Crippen LogP contribution in [0.15, 0.2) is 95.7 Å². The van der Waals surface area contributed by atoms with E-state index in [1.807, 2.05) is 77.5 Å². The lowest BCUT2D eigenvalue weighted by atomic mass is 10.1. The Kier molecular flexibility index (Phi) is 4.94. The Balaban J connectivity index is 1.42. The van der Waals surface area contributed by atoms with Crippen molar-refractivity contribution in [2.45, 2.75) is 0 Å². The number of nitrogens with zero attached hydrogens (tertiary/aromatic N) is 2. The van der Waals surface area contributed by atoms with E-state index in [9.17, 15) is 4.79 Å². The molecule has 0 fully saturated rings. The molecule has 0 saturated carbocycles. The molecule has 6 heteroatoms. The predicted octanol–water partition coefficient (Wildman–Crippen LogP) is 7.49. The number of fused-ring (bicyclic) bond motifs is 2. The summed E-state index contributed by atoms with van der Waals surface area (Å²) in [5, 5.41) is 9.23. The molecule has 0 atom stereocenters. The molecule has 1 amide bonds. The minimum atomic E-state index is -0.171. The van der Waals surface area contributed by atoms with Crippen LogP contribution in [-0.2, 0) is 0 Å². The van der Waals surface area contributed by atoms with Crippen LogP contribution in [0.2, 0.25) is 0 Å². The molecular formula is C27H17N3OS2. The third kappa shape index (κ3) is 3.69. The largest absolute Gasteiger partial charge is 0.321 e. The van der Waals surface area contributed by atoms with Crippen molar-refractivity contribution in [3.05, 3.63) is 101 Å². The van der Waals surface area contributed by atoms with Gasteiger partial charge in [0.2, 0.25) is 0 Å². The van der Waals surface area contributed by atoms with Gasteiger partial charge < -0.3 is 5.32 Å². The highest BCUT2D eigenvalue weighted by Crippen LogP contribution is 2.35. The number of anilines is 1. The first-order valence-corrected chi connectivity index (χ1v) is 12.2. The van der Waals surface area contributed by atoms with Gasteiger partial charge in [0.15, 0.2) is 0 Å². The highest BCUT2D eigenvalue weighted by molar-refractivity contribution is 7.14. The zero-order chi connectivity index (χ0) is 22.2. The Bertz CT molecular complexity index is 1600. The van der Waals surface area contributed by atoms with Crippen LogP contribution in [0.1, 0.15) is 10.4 Å². The van der Waals surface area contributed by atoms with Gasteiger partial charge in [-0.1, -0.05) is 48.5 Å². The minimum Gasteiger partial charge on any atom is -0.321 e. The quantitative estimate of drug-likeness (QED) is 0.295. The molecule has 33 heavy (non-hydrogen) atoms. The number of nitrogens with one attached hydrogen (secondary N) is 1. The fourth-order valence-corrected chi connectivity index (χ4v) is 5.32. The van der Waals surface area contributed by atoms with Crippen LogP contribution in [0.3, 0.4) is 0 Å². The third-order valence-electron chi connectivity index (χ3n) is 5.47. The molecule has 0 saturated heterocycles. The van der Waals surface area contributed by atoms with Crippen LogP contribution in [0.5, 0.6) is 0 Å².